The number of nitrogens with zero attached hydrogens (tertiary/aromatic N) is 1. The zero-order valence-electron chi connectivity index (χ0n) is 7.90. The molecule has 0 radical (unpaired) electrons. The van der Waals surface area contributed by atoms with Gasteiger partial charge in [0.15, 0.2) is 5.11 Å². The maximum atomic E-state index is 5.16. The van der Waals surface area contributed by atoms with Gasteiger partial charge >= 0.3 is 0 Å². The Morgan fingerprint density at radius 3 is 2.93 bits per heavy atom. The first-order valence-corrected chi connectivity index (χ1v) is 4.83. The van der Waals surface area contributed by atoms with Crippen LogP contribution in [0.4, 0.5) is 5.69 Å². The van der Waals surface area contributed by atoms with Crippen molar-refractivity contribution in [3.05, 3.63) is 36.5 Å². The zero-order valence-corrected chi connectivity index (χ0v) is 8.71. The van der Waals surface area contributed by atoms with Gasteiger partial charge in [0.1, 0.15) is 0 Å². The number of nitrogens with two attached hydrogens (primary N) is 1. The minimum atomic E-state index is 0.368. The Balaban J connectivity index is 2.34. The molecule has 0 aliphatic rings. The van der Waals surface area contributed by atoms with Crippen LogP contribution in [0.25, 0.3) is 10.9 Å². The predicted octanol–water partition coefficient (Wildman–Crippen LogP) is 1.39. The van der Waals surface area contributed by atoms with E-state index in [-0.39, 0.29) is 0 Å². The first-order valence-electron chi connectivity index (χ1n) is 4.42. The first-order chi connectivity index (χ1) is 7.29. The van der Waals surface area contributed by atoms with Crippen LogP contribution in [-0.2, 0) is 0 Å². The Hall–Kier alpha value is -1.72. The van der Waals surface area contributed by atoms with Crippen LogP contribution in [-0.4, -0.2) is 10.1 Å². The van der Waals surface area contributed by atoms with Crippen LogP contribution in [0.15, 0.2) is 36.5 Å². The number of thiocarbonyl (C=S) groups is 1. The van der Waals surface area contributed by atoms with Gasteiger partial charge in [-0.15, -0.1) is 0 Å². The van der Waals surface area contributed by atoms with E-state index in [4.69, 9.17) is 18.1 Å². The van der Waals surface area contributed by atoms with Gasteiger partial charge < -0.3 is 10.7 Å². The standard InChI is InChI=1S/C10H10N4S/c11-14-10(15)13-8-5-7-3-1-2-4-9(7)12-6-8/h1-6H,11H2,(H2,13,14,15). The van der Waals surface area contributed by atoms with E-state index in [9.17, 15) is 0 Å². The maximum absolute atomic E-state index is 5.16. The van der Waals surface area contributed by atoms with E-state index in [0.29, 0.717) is 5.11 Å². The molecule has 4 N–H and O–H groups in total. The second kappa shape index (κ2) is 4.20. The quantitative estimate of drug-likeness (QED) is 0.383. The molecule has 1 aromatic heterocycles. The molecule has 2 rings (SSSR count). The lowest BCUT2D eigenvalue weighted by Crippen LogP contribution is -2.34. The zero-order chi connectivity index (χ0) is 10.7. The van der Waals surface area contributed by atoms with Gasteiger partial charge in [-0.2, -0.15) is 0 Å². The van der Waals surface area contributed by atoms with Crippen molar-refractivity contribution in [1.82, 2.24) is 10.4 Å². The number of pyridine rings is 1. The maximum Gasteiger partial charge on any atom is 0.185 e. The lowest BCUT2D eigenvalue weighted by molar-refractivity contribution is 1.04. The van der Waals surface area contributed by atoms with Gasteiger partial charge in [0.05, 0.1) is 17.4 Å². The van der Waals surface area contributed by atoms with E-state index in [1.165, 1.54) is 0 Å². The minimum Gasteiger partial charge on any atom is -0.330 e. The van der Waals surface area contributed by atoms with Crippen LogP contribution in [0.3, 0.4) is 0 Å². The number of rotatable bonds is 1. The highest BCUT2D eigenvalue weighted by atomic mass is 32.1. The van der Waals surface area contributed by atoms with Gasteiger partial charge in [0.25, 0.3) is 0 Å². The fourth-order valence-corrected chi connectivity index (χ4v) is 1.42. The van der Waals surface area contributed by atoms with Gasteiger partial charge in [-0.3, -0.25) is 4.98 Å². The molecule has 0 spiro atoms. The van der Waals surface area contributed by atoms with Crippen molar-refractivity contribution in [3.8, 4) is 0 Å². The Morgan fingerprint density at radius 2 is 2.13 bits per heavy atom. The Kier molecular flexibility index (Phi) is 2.75. The molecule has 4 nitrogen and oxygen atoms in total. The summed E-state index contributed by atoms with van der Waals surface area (Å²) < 4.78 is 0. The highest BCUT2D eigenvalue weighted by Crippen LogP contribution is 2.15. The molecule has 2 aromatic rings. The van der Waals surface area contributed by atoms with Crippen molar-refractivity contribution in [2.75, 3.05) is 5.32 Å². The molecule has 1 aromatic carbocycles. The number of nitrogens with one attached hydrogen (secondary N) is 2. The van der Waals surface area contributed by atoms with E-state index in [0.717, 1.165) is 16.6 Å². The number of hydrazine groups is 1. The summed E-state index contributed by atoms with van der Waals surface area (Å²) in [4.78, 5) is 4.28. The monoisotopic (exact) mass is 218 g/mol. The molecule has 76 valence electrons. The number of aromatic nitrogens is 1. The van der Waals surface area contributed by atoms with Crippen molar-refractivity contribution >= 4 is 33.9 Å². The van der Waals surface area contributed by atoms with Crippen LogP contribution in [0.2, 0.25) is 0 Å². The third-order valence-corrected chi connectivity index (χ3v) is 2.20. The molecule has 15 heavy (non-hydrogen) atoms. The number of fused-ring (bicyclic) bond motifs is 1. The molecular weight excluding hydrogens is 208 g/mol. The van der Waals surface area contributed by atoms with Gasteiger partial charge in [0, 0.05) is 5.39 Å². The summed E-state index contributed by atoms with van der Waals surface area (Å²) in [7, 11) is 0. The smallest absolute Gasteiger partial charge is 0.185 e. The number of anilines is 1. The molecule has 1 heterocycles. The van der Waals surface area contributed by atoms with Gasteiger partial charge in [-0.1, -0.05) is 18.2 Å². The average Bonchev–Trinajstić information content (AvgIpc) is 2.29. The predicted molar refractivity (Wildman–Crippen MR) is 65.3 cm³/mol. The molecule has 0 unspecified atom stereocenters. The van der Waals surface area contributed by atoms with Crippen molar-refractivity contribution in [1.29, 1.82) is 0 Å². The summed E-state index contributed by atoms with van der Waals surface area (Å²) in [6.45, 7) is 0. The van der Waals surface area contributed by atoms with E-state index in [1.54, 1.807) is 6.20 Å². The fourth-order valence-electron chi connectivity index (χ4n) is 1.31. The van der Waals surface area contributed by atoms with Crippen LogP contribution in [0.1, 0.15) is 0 Å². The molecule has 0 aliphatic carbocycles. The molecule has 5 heteroatoms. The van der Waals surface area contributed by atoms with Crippen molar-refractivity contribution < 1.29 is 0 Å². The fraction of sp³-hybridized carbons (Fsp3) is 0. The van der Waals surface area contributed by atoms with Crippen LogP contribution >= 0.6 is 12.2 Å². The van der Waals surface area contributed by atoms with E-state index < -0.39 is 0 Å². The van der Waals surface area contributed by atoms with Crippen LogP contribution < -0.4 is 16.6 Å². The lowest BCUT2D eigenvalue weighted by Gasteiger charge is -2.06. The number of benzene rings is 1. The third-order valence-electron chi connectivity index (χ3n) is 1.98. The van der Waals surface area contributed by atoms with Gasteiger partial charge in [0.2, 0.25) is 0 Å². The molecule has 0 amide bonds. The summed E-state index contributed by atoms with van der Waals surface area (Å²) in [6, 6.07) is 9.83. The summed E-state index contributed by atoms with van der Waals surface area (Å²) in [5.74, 6) is 5.16. The van der Waals surface area contributed by atoms with Crippen molar-refractivity contribution in [2.24, 2.45) is 5.84 Å². The average molecular weight is 218 g/mol. The van der Waals surface area contributed by atoms with Crippen molar-refractivity contribution in [3.63, 3.8) is 0 Å². The van der Waals surface area contributed by atoms with Gasteiger partial charge in [-0.05, 0) is 24.4 Å². The molecular formula is C10H10N4S. The Labute approximate surface area is 92.5 Å². The third kappa shape index (κ3) is 2.20. The lowest BCUT2D eigenvalue weighted by atomic mass is 10.2. The second-order valence-electron chi connectivity index (χ2n) is 3.02. The van der Waals surface area contributed by atoms with E-state index >= 15 is 0 Å². The van der Waals surface area contributed by atoms with Crippen molar-refractivity contribution in [2.45, 2.75) is 0 Å². The molecule has 0 saturated heterocycles. The van der Waals surface area contributed by atoms with Crippen LogP contribution in [0.5, 0.6) is 0 Å². The SMILES string of the molecule is NNC(=S)Nc1cnc2ccccc2c1. The number of hydrogen-bond acceptors (Lipinski definition) is 3. The summed E-state index contributed by atoms with van der Waals surface area (Å²) in [5.41, 5.74) is 4.12. The molecule has 0 bridgehead atoms. The Morgan fingerprint density at radius 1 is 1.33 bits per heavy atom. The minimum absolute atomic E-state index is 0.368. The molecule has 0 saturated carbocycles. The van der Waals surface area contributed by atoms with Crippen LogP contribution in [0, 0.1) is 0 Å². The van der Waals surface area contributed by atoms with Gasteiger partial charge in [-0.25, -0.2) is 5.84 Å². The molecule has 0 aliphatic heterocycles. The number of hydrogen-bond donors (Lipinski definition) is 3. The van der Waals surface area contributed by atoms with E-state index in [2.05, 4.69) is 15.7 Å². The molecule has 0 fully saturated rings. The topological polar surface area (TPSA) is 63.0 Å². The normalized spacial score (nSPS) is 9.93. The largest absolute Gasteiger partial charge is 0.330 e. The highest BCUT2D eigenvalue weighted by molar-refractivity contribution is 7.80. The summed E-state index contributed by atoms with van der Waals surface area (Å²) >= 11 is 4.88. The van der Waals surface area contributed by atoms with E-state index in [1.807, 2.05) is 30.3 Å². The summed E-state index contributed by atoms with van der Waals surface area (Å²) in [6.07, 6.45) is 1.71. The summed E-state index contributed by atoms with van der Waals surface area (Å²) in [5, 5.41) is 4.34. The number of para-hydroxylation sites is 1. The second-order valence-corrected chi connectivity index (χ2v) is 3.42. The molecule has 0 atom stereocenters. The Bertz CT molecular complexity index is 498. The highest BCUT2D eigenvalue weighted by Gasteiger charge is 1.98. The first kappa shape index (κ1) is 9.82.